The quantitative estimate of drug-likeness (QED) is 0.507. The maximum absolute atomic E-state index is 13.1. The molecular formula is C25H25N3O4. The molecule has 3 N–H and O–H groups in total. The molecule has 32 heavy (non-hydrogen) atoms. The molecule has 7 nitrogen and oxygen atoms in total. The van der Waals surface area contributed by atoms with Gasteiger partial charge in [0.2, 0.25) is 11.8 Å². The highest BCUT2D eigenvalue weighted by molar-refractivity contribution is 6.02. The van der Waals surface area contributed by atoms with Crippen LogP contribution in [0.3, 0.4) is 0 Å². The zero-order valence-corrected chi connectivity index (χ0v) is 17.9. The van der Waals surface area contributed by atoms with Gasteiger partial charge in [-0.15, -0.1) is 0 Å². The van der Waals surface area contributed by atoms with Crippen LogP contribution >= 0.6 is 0 Å². The van der Waals surface area contributed by atoms with E-state index in [1.807, 2.05) is 36.4 Å². The third-order valence-corrected chi connectivity index (χ3v) is 4.72. The molecule has 0 aliphatic heterocycles. The number of rotatable bonds is 8. The smallest absolute Gasteiger partial charge is 0.251 e. The Hall–Kier alpha value is -4.13. The number of anilines is 2. The third kappa shape index (κ3) is 6.18. The van der Waals surface area contributed by atoms with Crippen LogP contribution in [0.1, 0.15) is 22.8 Å². The first-order valence-corrected chi connectivity index (χ1v) is 10.1. The standard InChI is InChI=1S/C25H25N3O4/c1-17(29)26-21-16-20(13-14-23(21)32-2)27-25(31)22(15-18-9-5-3-6-10-18)28-24(30)19-11-7-4-8-12-19/h3-14,16,22H,15H2,1-2H3,(H,26,29)(H,27,31)(H,28,30). The van der Waals surface area contributed by atoms with Gasteiger partial charge in [-0.1, -0.05) is 48.5 Å². The Bertz CT molecular complexity index is 1080. The van der Waals surface area contributed by atoms with Crippen LogP contribution in [0, 0.1) is 0 Å². The van der Waals surface area contributed by atoms with Gasteiger partial charge in [-0.05, 0) is 35.9 Å². The molecule has 1 unspecified atom stereocenters. The third-order valence-electron chi connectivity index (χ3n) is 4.72. The van der Waals surface area contributed by atoms with Crippen molar-refractivity contribution in [1.82, 2.24) is 5.32 Å². The van der Waals surface area contributed by atoms with Gasteiger partial charge < -0.3 is 20.7 Å². The molecule has 0 bridgehead atoms. The molecule has 1 atom stereocenters. The molecular weight excluding hydrogens is 406 g/mol. The molecule has 0 fully saturated rings. The van der Waals surface area contributed by atoms with Crippen molar-refractivity contribution < 1.29 is 19.1 Å². The number of carbonyl (C=O) groups excluding carboxylic acids is 3. The summed E-state index contributed by atoms with van der Waals surface area (Å²) in [5.74, 6) is -0.507. The van der Waals surface area contributed by atoms with E-state index in [-0.39, 0.29) is 17.7 Å². The minimum atomic E-state index is -0.809. The Morgan fingerprint density at radius 1 is 0.875 bits per heavy atom. The van der Waals surface area contributed by atoms with E-state index in [0.717, 1.165) is 5.56 Å². The number of methoxy groups -OCH3 is 1. The lowest BCUT2D eigenvalue weighted by Crippen LogP contribution is -2.45. The first-order chi connectivity index (χ1) is 15.5. The van der Waals surface area contributed by atoms with Gasteiger partial charge in [0.1, 0.15) is 11.8 Å². The van der Waals surface area contributed by atoms with Crippen molar-refractivity contribution in [2.75, 3.05) is 17.7 Å². The lowest BCUT2D eigenvalue weighted by Gasteiger charge is -2.19. The van der Waals surface area contributed by atoms with Crippen molar-refractivity contribution in [2.24, 2.45) is 0 Å². The van der Waals surface area contributed by atoms with Gasteiger partial charge in [-0.3, -0.25) is 14.4 Å². The average molecular weight is 431 g/mol. The number of amides is 3. The highest BCUT2D eigenvalue weighted by Crippen LogP contribution is 2.28. The molecule has 3 aromatic rings. The Kier molecular flexibility index (Phi) is 7.59. The molecule has 3 rings (SSSR count). The second-order valence-corrected chi connectivity index (χ2v) is 7.17. The zero-order valence-electron chi connectivity index (χ0n) is 17.9. The SMILES string of the molecule is COc1ccc(NC(=O)C(Cc2ccccc2)NC(=O)c2ccccc2)cc1NC(C)=O. The van der Waals surface area contributed by atoms with Crippen LogP contribution in [0.2, 0.25) is 0 Å². The number of hydrogen-bond acceptors (Lipinski definition) is 4. The van der Waals surface area contributed by atoms with E-state index in [9.17, 15) is 14.4 Å². The number of carbonyl (C=O) groups is 3. The lowest BCUT2D eigenvalue weighted by atomic mass is 10.0. The van der Waals surface area contributed by atoms with Gasteiger partial charge in [0, 0.05) is 24.6 Å². The minimum absolute atomic E-state index is 0.260. The van der Waals surface area contributed by atoms with Crippen LogP contribution in [-0.2, 0) is 16.0 Å². The lowest BCUT2D eigenvalue weighted by molar-refractivity contribution is -0.118. The Morgan fingerprint density at radius 2 is 1.53 bits per heavy atom. The van der Waals surface area contributed by atoms with Crippen molar-refractivity contribution in [3.63, 3.8) is 0 Å². The molecule has 164 valence electrons. The first kappa shape index (κ1) is 22.6. The highest BCUT2D eigenvalue weighted by Gasteiger charge is 2.22. The molecule has 0 spiro atoms. The summed E-state index contributed by atoms with van der Waals surface area (Å²) in [5, 5.41) is 8.33. The summed E-state index contributed by atoms with van der Waals surface area (Å²) in [4.78, 5) is 37.3. The molecule has 0 saturated heterocycles. The maximum Gasteiger partial charge on any atom is 0.251 e. The van der Waals surface area contributed by atoms with Crippen molar-refractivity contribution >= 4 is 29.1 Å². The van der Waals surface area contributed by atoms with Gasteiger partial charge in [0.25, 0.3) is 5.91 Å². The van der Waals surface area contributed by atoms with Crippen LogP contribution < -0.4 is 20.7 Å². The first-order valence-electron chi connectivity index (χ1n) is 10.1. The van der Waals surface area contributed by atoms with E-state index in [1.165, 1.54) is 14.0 Å². The summed E-state index contributed by atoms with van der Waals surface area (Å²) < 4.78 is 5.25. The number of benzene rings is 3. The molecule has 0 aromatic heterocycles. The van der Waals surface area contributed by atoms with Gasteiger partial charge in [0.15, 0.2) is 0 Å². The van der Waals surface area contributed by atoms with E-state index in [2.05, 4.69) is 16.0 Å². The number of ether oxygens (including phenoxy) is 1. The van der Waals surface area contributed by atoms with Crippen molar-refractivity contribution in [2.45, 2.75) is 19.4 Å². The van der Waals surface area contributed by atoms with Crippen molar-refractivity contribution in [1.29, 1.82) is 0 Å². The maximum atomic E-state index is 13.1. The number of hydrogen-bond donors (Lipinski definition) is 3. The Morgan fingerprint density at radius 3 is 2.16 bits per heavy atom. The largest absolute Gasteiger partial charge is 0.495 e. The Labute approximate surface area is 186 Å². The van der Waals surface area contributed by atoms with Crippen LogP contribution in [0.15, 0.2) is 78.9 Å². The molecule has 0 saturated carbocycles. The summed E-state index contributed by atoms with van der Waals surface area (Å²) >= 11 is 0. The monoisotopic (exact) mass is 431 g/mol. The van der Waals surface area contributed by atoms with Gasteiger partial charge >= 0.3 is 0 Å². The normalized spacial score (nSPS) is 11.2. The van der Waals surface area contributed by atoms with Crippen LogP contribution in [-0.4, -0.2) is 30.9 Å². The van der Waals surface area contributed by atoms with Crippen LogP contribution in [0.25, 0.3) is 0 Å². The van der Waals surface area contributed by atoms with E-state index in [0.29, 0.717) is 29.1 Å². The van der Waals surface area contributed by atoms with Gasteiger partial charge in [-0.25, -0.2) is 0 Å². The Balaban J connectivity index is 1.81. The summed E-state index contributed by atoms with van der Waals surface area (Å²) in [5.41, 5.74) is 2.28. The molecule has 3 aromatic carbocycles. The minimum Gasteiger partial charge on any atom is -0.495 e. The summed E-state index contributed by atoms with van der Waals surface area (Å²) in [7, 11) is 1.49. The van der Waals surface area contributed by atoms with Crippen molar-refractivity contribution in [3.8, 4) is 5.75 Å². The molecule has 7 heteroatoms. The fraction of sp³-hybridized carbons (Fsp3) is 0.160. The predicted octanol–water partition coefficient (Wildman–Crippen LogP) is 3.63. The molecule has 0 heterocycles. The van der Waals surface area contributed by atoms with E-state index in [4.69, 9.17) is 4.74 Å². The molecule has 0 aliphatic carbocycles. The molecule has 0 aliphatic rings. The van der Waals surface area contributed by atoms with E-state index in [1.54, 1.807) is 42.5 Å². The van der Waals surface area contributed by atoms with E-state index < -0.39 is 6.04 Å². The predicted molar refractivity (Wildman–Crippen MR) is 124 cm³/mol. The summed E-state index contributed by atoms with van der Waals surface area (Å²) in [6.45, 7) is 1.39. The fourth-order valence-corrected chi connectivity index (χ4v) is 3.19. The summed E-state index contributed by atoms with van der Waals surface area (Å²) in [6.07, 6.45) is 0.319. The molecule has 0 radical (unpaired) electrons. The summed E-state index contributed by atoms with van der Waals surface area (Å²) in [6, 6.07) is 22.3. The zero-order chi connectivity index (χ0) is 22.9. The van der Waals surface area contributed by atoms with Crippen LogP contribution in [0.5, 0.6) is 5.75 Å². The van der Waals surface area contributed by atoms with Gasteiger partial charge in [-0.2, -0.15) is 0 Å². The van der Waals surface area contributed by atoms with Gasteiger partial charge in [0.05, 0.1) is 12.8 Å². The van der Waals surface area contributed by atoms with Crippen LogP contribution in [0.4, 0.5) is 11.4 Å². The second kappa shape index (κ2) is 10.8. The molecule has 3 amide bonds. The average Bonchev–Trinajstić information content (AvgIpc) is 2.79. The van der Waals surface area contributed by atoms with Crippen molar-refractivity contribution in [3.05, 3.63) is 90.0 Å². The fourth-order valence-electron chi connectivity index (χ4n) is 3.19. The second-order valence-electron chi connectivity index (χ2n) is 7.17. The highest BCUT2D eigenvalue weighted by atomic mass is 16.5. The van der Waals surface area contributed by atoms with E-state index >= 15 is 0 Å². The topological polar surface area (TPSA) is 96.5 Å². The number of nitrogens with one attached hydrogen (secondary N) is 3.